The minimum Gasteiger partial charge on any atom is -0.355 e. The lowest BCUT2D eigenvalue weighted by atomic mass is 10.1. The number of hydrogen-bond donors (Lipinski definition) is 2. The zero-order valence-corrected chi connectivity index (χ0v) is 13.0. The molecule has 0 saturated carbocycles. The van der Waals surface area contributed by atoms with Gasteiger partial charge in [-0.05, 0) is 13.8 Å². The van der Waals surface area contributed by atoms with E-state index in [9.17, 15) is 13.6 Å². The van der Waals surface area contributed by atoms with Crippen molar-refractivity contribution in [2.75, 3.05) is 39.3 Å². The Balaban J connectivity index is 1.81. The predicted molar refractivity (Wildman–Crippen MR) is 79.0 cm³/mol. The Hall–Kier alpha value is -1.54. The van der Waals surface area contributed by atoms with Crippen LogP contribution in [0, 0.1) is 13.8 Å². The minimum atomic E-state index is -2.68. The lowest BCUT2D eigenvalue weighted by molar-refractivity contribution is -0.120. The van der Waals surface area contributed by atoms with E-state index in [-0.39, 0.29) is 12.3 Å². The summed E-state index contributed by atoms with van der Waals surface area (Å²) in [5.41, 5.74) is 1.42. The average Bonchev–Trinajstić information content (AvgIpc) is 2.76. The molecule has 22 heavy (non-hydrogen) atoms. The van der Waals surface area contributed by atoms with Gasteiger partial charge >= 0.3 is 6.55 Å². The highest BCUT2D eigenvalue weighted by Crippen LogP contribution is 2.19. The first-order chi connectivity index (χ1) is 10.5. The summed E-state index contributed by atoms with van der Waals surface area (Å²) in [6.07, 6.45) is 0.0892. The highest BCUT2D eigenvalue weighted by atomic mass is 19.3. The van der Waals surface area contributed by atoms with Crippen molar-refractivity contribution in [3.63, 3.8) is 0 Å². The summed E-state index contributed by atoms with van der Waals surface area (Å²) >= 11 is 0. The Kier molecular flexibility index (Phi) is 5.84. The number of carbonyl (C=O) groups excluding carboxylic acids is 1. The molecule has 0 spiro atoms. The van der Waals surface area contributed by atoms with Crippen LogP contribution in [0.4, 0.5) is 8.78 Å². The molecule has 1 fully saturated rings. The summed E-state index contributed by atoms with van der Waals surface area (Å²) in [5.74, 6) is -0.157. The first-order valence-electron chi connectivity index (χ1n) is 7.51. The lowest BCUT2D eigenvalue weighted by Gasteiger charge is -2.27. The summed E-state index contributed by atoms with van der Waals surface area (Å²) in [4.78, 5) is 14.3. The zero-order chi connectivity index (χ0) is 16.1. The van der Waals surface area contributed by atoms with Crippen LogP contribution in [-0.2, 0) is 11.2 Å². The first-order valence-corrected chi connectivity index (χ1v) is 7.51. The Morgan fingerprint density at radius 1 is 1.36 bits per heavy atom. The minimum absolute atomic E-state index is 0.0892. The number of aryl methyl sites for hydroxylation is 1. The second-order valence-corrected chi connectivity index (χ2v) is 5.49. The van der Waals surface area contributed by atoms with Gasteiger partial charge in [0.1, 0.15) is 0 Å². The van der Waals surface area contributed by atoms with Crippen molar-refractivity contribution >= 4 is 5.91 Å². The summed E-state index contributed by atoms with van der Waals surface area (Å²) < 4.78 is 26.2. The smallest absolute Gasteiger partial charge is 0.333 e. The van der Waals surface area contributed by atoms with E-state index in [4.69, 9.17) is 0 Å². The van der Waals surface area contributed by atoms with Crippen LogP contribution in [0.15, 0.2) is 0 Å². The molecule has 0 unspecified atom stereocenters. The van der Waals surface area contributed by atoms with Gasteiger partial charge in [-0.2, -0.15) is 13.9 Å². The number of alkyl halides is 2. The molecule has 2 N–H and O–H groups in total. The van der Waals surface area contributed by atoms with Crippen LogP contribution >= 0.6 is 0 Å². The van der Waals surface area contributed by atoms with Gasteiger partial charge < -0.3 is 10.6 Å². The van der Waals surface area contributed by atoms with E-state index in [1.165, 1.54) is 0 Å². The Bertz CT molecular complexity index is 512. The van der Waals surface area contributed by atoms with Gasteiger partial charge in [-0.1, -0.05) is 0 Å². The lowest BCUT2D eigenvalue weighted by Crippen LogP contribution is -2.46. The van der Waals surface area contributed by atoms with Crippen molar-refractivity contribution in [2.24, 2.45) is 0 Å². The topological polar surface area (TPSA) is 62.2 Å². The molecule has 1 aliphatic rings. The number of nitrogens with zero attached hydrogens (tertiary/aromatic N) is 3. The average molecular weight is 315 g/mol. The number of piperazine rings is 1. The van der Waals surface area contributed by atoms with Crippen LogP contribution in [0.25, 0.3) is 0 Å². The molecule has 0 atom stereocenters. The van der Waals surface area contributed by atoms with Crippen molar-refractivity contribution in [1.29, 1.82) is 0 Å². The Morgan fingerprint density at radius 2 is 2.05 bits per heavy atom. The maximum absolute atomic E-state index is 12.8. The molecular weight excluding hydrogens is 292 g/mol. The van der Waals surface area contributed by atoms with E-state index in [1.807, 2.05) is 0 Å². The number of halogens is 2. The van der Waals surface area contributed by atoms with Gasteiger partial charge in [0.25, 0.3) is 0 Å². The van der Waals surface area contributed by atoms with E-state index in [1.54, 1.807) is 13.8 Å². The Labute approximate surface area is 128 Å². The number of rotatable bonds is 6. The van der Waals surface area contributed by atoms with Crippen LogP contribution in [0.1, 0.15) is 23.5 Å². The third-order valence-corrected chi connectivity index (χ3v) is 3.96. The van der Waals surface area contributed by atoms with Gasteiger partial charge in [-0.3, -0.25) is 9.69 Å². The van der Waals surface area contributed by atoms with Crippen LogP contribution in [-0.4, -0.2) is 59.9 Å². The second kappa shape index (κ2) is 7.64. The van der Waals surface area contributed by atoms with E-state index < -0.39 is 6.55 Å². The molecule has 2 heterocycles. The van der Waals surface area contributed by atoms with Gasteiger partial charge in [0.15, 0.2) is 0 Å². The molecule has 124 valence electrons. The standard InChI is InChI=1S/C14H23F2N5O/c1-10-12(11(2)21(19-10)14(15)16)9-13(22)18-5-8-20-6-3-17-4-7-20/h14,17H,3-9H2,1-2H3,(H,18,22). The van der Waals surface area contributed by atoms with Crippen LogP contribution in [0.3, 0.4) is 0 Å². The fourth-order valence-electron chi connectivity index (χ4n) is 2.65. The van der Waals surface area contributed by atoms with Crippen LogP contribution < -0.4 is 10.6 Å². The molecule has 0 aliphatic carbocycles. The fraction of sp³-hybridized carbons (Fsp3) is 0.714. The number of carbonyl (C=O) groups is 1. The summed E-state index contributed by atoms with van der Waals surface area (Å²) in [6.45, 7) is 5.82. The van der Waals surface area contributed by atoms with Gasteiger partial charge in [0.2, 0.25) is 5.91 Å². The van der Waals surface area contributed by atoms with E-state index >= 15 is 0 Å². The van der Waals surface area contributed by atoms with E-state index in [0.29, 0.717) is 28.2 Å². The first kappa shape index (κ1) is 16.8. The SMILES string of the molecule is Cc1nn(C(F)F)c(C)c1CC(=O)NCCN1CCNCC1. The summed E-state index contributed by atoms with van der Waals surface area (Å²) in [7, 11) is 0. The summed E-state index contributed by atoms with van der Waals surface area (Å²) in [5, 5.41) is 9.90. The molecule has 1 amide bonds. The van der Waals surface area contributed by atoms with Crippen molar-refractivity contribution in [3.8, 4) is 0 Å². The van der Waals surface area contributed by atoms with Gasteiger partial charge in [-0.25, -0.2) is 4.68 Å². The van der Waals surface area contributed by atoms with E-state index in [0.717, 1.165) is 32.7 Å². The van der Waals surface area contributed by atoms with Crippen molar-refractivity contribution in [1.82, 2.24) is 25.3 Å². The van der Waals surface area contributed by atoms with Crippen molar-refractivity contribution in [2.45, 2.75) is 26.8 Å². The molecule has 6 nitrogen and oxygen atoms in total. The molecule has 0 aromatic carbocycles. The third kappa shape index (κ3) is 4.23. The van der Waals surface area contributed by atoms with Crippen LogP contribution in [0.2, 0.25) is 0 Å². The molecule has 0 radical (unpaired) electrons. The highest BCUT2D eigenvalue weighted by molar-refractivity contribution is 5.79. The van der Waals surface area contributed by atoms with Crippen molar-refractivity contribution in [3.05, 3.63) is 17.0 Å². The molecule has 1 aliphatic heterocycles. The normalized spacial score (nSPS) is 16.2. The van der Waals surface area contributed by atoms with Crippen molar-refractivity contribution < 1.29 is 13.6 Å². The quantitative estimate of drug-likeness (QED) is 0.801. The molecule has 1 aromatic heterocycles. The molecule has 0 bridgehead atoms. The molecule has 1 aromatic rings. The molecule has 8 heteroatoms. The highest BCUT2D eigenvalue weighted by Gasteiger charge is 2.19. The van der Waals surface area contributed by atoms with Gasteiger partial charge in [0.05, 0.1) is 12.1 Å². The number of aromatic nitrogens is 2. The predicted octanol–water partition coefficient (Wildman–Crippen LogP) is 0.459. The van der Waals surface area contributed by atoms with E-state index in [2.05, 4.69) is 20.6 Å². The number of hydrogen-bond acceptors (Lipinski definition) is 4. The fourth-order valence-corrected chi connectivity index (χ4v) is 2.65. The third-order valence-electron chi connectivity index (χ3n) is 3.96. The molecule has 1 saturated heterocycles. The number of amides is 1. The second-order valence-electron chi connectivity index (χ2n) is 5.49. The monoisotopic (exact) mass is 315 g/mol. The zero-order valence-electron chi connectivity index (χ0n) is 13.0. The maximum Gasteiger partial charge on any atom is 0.333 e. The van der Waals surface area contributed by atoms with Gasteiger partial charge in [-0.15, -0.1) is 0 Å². The Morgan fingerprint density at radius 3 is 2.64 bits per heavy atom. The maximum atomic E-state index is 12.8. The summed E-state index contributed by atoms with van der Waals surface area (Å²) in [6, 6.07) is 0. The van der Waals surface area contributed by atoms with Crippen LogP contribution in [0.5, 0.6) is 0 Å². The van der Waals surface area contributed by atoms with Gasteiger partial charge in [0, 0.05) is 50.5 Å². The largest absolute Gasteiger partial charge is 0.355 e. The molecule has 2 rings (SSSR count). The number of nitrogens with one attached hydrogen (secondary N) is 2. The molecular formula is C14H23F2N5O.